The molecule has 6 nitrogen and oxygen atoms in total. The summed E-state index contributed by atoms with van der Waals surface area (Å²) in [6, 6.07) is 8.09. The summed E-state index contributed by atoms with van der Waals surface area (Å²) < 4.78 is 6.98. The molecule has 20 heavy (non-hydrogen) atoms. The molecule has 0 amide bonds. The largest absolute Gasteiger partial charge is 0.496 e. The van der Waals surface area contributed by atoms with Crippen LogP contribution < -0.4 is 10.1 Å². The van der Waals surface area contributed by atoms with E-state index in [4.69, 9.17) is 9.84 Å². The highest BCUT2D eigenvalue weighted by Gasteiger charge is 2.11. The van der Waals surface area contributed by atoms with Gasteiger partial charge in [0.25, 0.3) is 0 Å². The van der Waals surface area contributed by atoms with Crippen molar-refractivity contribution in [2.75, 3.05) is 13.7 Å². The normalized spacial score (nSPS) is 12.3. The number of benzene rings is 1. The molecule has 108 valence electrons. The lowest BCUT2D eigenvalue weighted by Crippen LogP contribution is -2.19. The molecule has 0 saturated heterocycles. The predicted octanol–water partition coefficient (Wildman–Crippen LogP) is 1.13. The lowest BCUT2D eigenvalue weighted by atomic mass is 10.1. The van der Waals surface area contributed by atoms with Crippen LogP contribution in [0.25, 0.3) is 0 Å². The molecular weight excluding hydrogens is 256 g/mol. The van der Waals surface area contributed by atoms with Gasteiger partial charge >= 0.3 is 0 Å². The molecule has 0 radical (unpaired) electrons. The highest BCUT2D eigenvalue weighted by molar-refractivity contribution is 5.35. The van der Waals surface area contributed by atoms with Crippen molar-refractivity contribution in [2.24, 2.45) is 0 Å². The van der Waals surface area contributed by atoms with Crippen molar-refractivity contribution < 1.29 is 9.84 Å². The van der Waals surface area contributed by atoms with Crippen LogP contribution in [0.1, 0.15) is 24.2 Å². The van der Waals surface area contributed by atoms with Gasteiger partial charge in [-0.2, -0.15) is 0 Å². The molecule has 0 saturated carbocycles. The van der Waals surface area contributed by atoms with Gasteiger partial charge in [-0.3, -0.25) is 0 Å². The minimum absolute atomic E-state index is 0.0633. The summed E-state index contributed by atoms with van der Waals surface area (Å²) in [5, 5.41) is 20.2. The zero-order valence-corrected chi connectivity index (χ0v) is 11.8. The van der Waals surface area contributed by atoms with Crippen LogP contribution >= 0.6 is 0 Å². The molecule has 0 aliphatic rings. The van der Waals surface area contributed by atoms with Crippen LogP contribution in [-0.4, -0.2) is 33.8 Å². The Hall–Kier alpha value is -1.92. The molecule has 1 aromatic carbocycles. The second-order valence-electron chi connectivity index (χ2n) is 4.54. The van der Waals surface area contributed by atoms with Gasteiger partial charge in [-0.15, -0.1) is 5.10 Å². The lowest BCUT2D eigenvalue weighted by molar-refractivity contribution is 0.268. The second-order valence-corrected chi connectivity index (χ2v) is 4.54. The Balaban J connectivity index is 1.95. The number of nitrogens with one attached hydrogen (secondary N) is 1. The molecule has 1 aromatic heterocycles. The van der Waals surface area contributed by atoms with Gasteiger partial charge in [-0.05, 0) is 13.0 Å². The molecule has 2 aromatic rings. The first-order chi connectivity index (χ1) is 9.74. The van der Waals surface area contributed by atoms with E-state index in [-0.39, 0.29) is 12.6 Å². The number of hydrogen-bond donors (Lipinski definition) is 2. The number of aromatic nitrogens is 3. The van der Waals surface area contributed by atoms with Crippen LogP contribution in [0, 0.1) is 0 Å². The van der Waals surface area contributed by atoms with Crippen LogP contribution in [0.4, 0.5) is 0 Å². The average Bonchev–Trinajstić information content (AvgIpc) is 2.93. The Morgan fingerprint density at radius 1 is 1.40 bits per heavy atom. The molecular formula is C14H20N4O2. The van der Waals surface area contributed by atoms with Gasteiger partial charge in [0.1, 0.15) is 5.75 Å². The van der Waals surface area contributed by atoms with E-state index in [1.54, 1.807) is 11.8 Å². The Bertz CT molecular complexity index is 541. The van der Waals surface area contributed by atoms with Gasteiger partial charge in [-0.25, -0.2) is 4.68 Å². The Morgan fingerprint density at radius 3 is 2.95 bits per heavy atom. The monoisotopic (exact) mass is 276 g/mol. The van der Waals surface area contributed by atoms with Gasteiger partial charge < -0.3 is 15.2 Å². The minimum atomic E-state index is 0.0633. The third-order valence-corrected chi connectivity index (χ3v) is 3.11. The summed E-state index contributed by atoms with van der Waals surface area (Å²) >= 11 is 0. The van der Waals surface area contributed by atoms with Gasteiger partial charge in [0.15, 0.2) is 0 Å². The van der Waals surface area contributed by atoms with Gasteiger partial charge in [0, 0.05) is 24.3 Å². The highest BCUT2D eigenvalue weighted by atomic mass is 16.5. The first-order valence-electron chi connectivity index (χ1n) is 6.60. The molecule has 0 aliphatic heterocycles. The smallest absolute Gasteiger partial charge is 0.123 e. The zero-order valence-electron chi connectivity index (χ0n) is 11.8. The van der Waals surface area contributed by atoms with Gasteiger partial charge in [-0.1, -0.05) is 23.4 Å². The summed E-state index contributed by atoms with van der Waals surface area (Å²) in [7, 11) is 1.67. The maximum absolute atomic E-state index is 8.84. The van der Waals surface area contributed by atoms with E-state index in [0.29, 0.717) is 13.1 Å². The van der Waals surface area contributed by atoms with E-state index < -0.39 is 0 Å². The Labute approximate surface area is 118 Å². The molecule has 0 aliphatic carbocycles. The number of methoxy groups -OCH3 is 1. The van der Waals surface area contributed by atoms with Gasteiger partial charge in [0.2, 0.25) is 0 Å². The summed E-state index contributed by atoms with van der Waals surface area (Å²) in [6.07, 6.45) is 1.83. The number of aliphatic hydroxyl groups is 1. The first-order valence-corrected chi connectivity index (χ1v) is 6.60. The van der Waals surface area contributed by atoms with Crippen LogP contribution in [0.3, 0.4) is 0 Å². The predicted molar refractivity (Wildman–Crippen MR) is 75.4 cm³/mol. The summed E-state index contributed by atoms with van der Waals surface area (Å²) in [4.78, 5) is 0. The number of rotatable bonds is 7. The average molecular weight is 276 g/mol. The van der Waals surface area contributed by atoms with Crippen molar-refractivity contribution >= 4 is 0 Å². The van der Waals surface area contributed by atoms with Crippen LogP contribution in [0.15, 0.2) is 30.5 Å². The minimum Gasteiger partial charge on any atom is -0.496 e. The summed E-state index contributed by atoms with van der Waals surface area (Å²) in [6.45, 7) is 3.23. The Morgan fingerprint density at radius 2 is 2.20 bits per heavy atom. The van der Waals surface area contributed by atoms with Crippen LogP contribution in [0.5, 0.6) is 5.75 Å². The number of hydrogen-bond acceptors (Lipinski definition) is 5. The molecule has 0 bridgehead atoms. The van der Waals surface area contributed by atoms with Gasteiger partial charge in [0.05, 0.1) is 26.0 Å². The second kappa shape index (κ2) is 7.02. The third kappa shape index (κ3) is 3.55. The van der Waals surface area contributed by atoms with Crippen LogP contribution in [-0.2, 0) is 13.1 Å². The van der Waals surface area contributed by atoms with Crippen molar-refractivity contribution in [3.05, 3.63) is 41.7 Å². The summed E-state index contributed by atoms with van der Waals surface area (Å²) in [5.74, 6) is 0.872. The topological polar surface area (TPSA) is 72.2 Å². The molecule has 2 rings (SSSR count). The fraction of sp³-hybridized carbons (Fsp3) is 0.429. The molecule has 0 fully saturated rings. The SMILES string of the molecule is COc1ccccc1C(C)NCc1cn(CCO)nn1. The van der Waals surface area contributed by atoms with Crippen molar-refractivity contribution in [3.8, 4) is 5.75 Å². The fourth-order valence-corrected chi connectivity index (χ4v) is 2.02. The van der Waals surface area contributed by atoms with E-state index >= 15 is 0 Å². The quantitative estimate of drug-likeness (QED) is 0.793. The first kappa shape index (κ1) is 14.5. The number of ether oxygens (including phenoxy) is 1. The van der Waals surface area contributed by atoms with E-state index in [0.717, 1.165) is 17.0 Å². The van der Waals surface area contributed by atoms with E-state index in [2.05, 4.69) is 22.6 Å². The zero-order chi connectivity index (χ0) is 14.4. The van der Waals surface area contributed by atoms with Crippen LogP contribution in [0.2, 0.25) is 0 Å². The molecule has 1 atom stereocenters. The number of nitrogens with zero attached hydrogens (tertiary/aromatic N) is 3. The molecule has 1 heterocycles. The molecule has 0 spiro atoms. The van der Waals surface area contributed by atoms with E-state index in [9.17, 15) is 0 Å². The summed E-state index contributed by atoms with van der Waals surface area (Å²) in [5.41, 5.74) is 1.96. The molecule has 6 heteroatoms. The van der Waals surface area contributed by atoms with Crippen molar-refractivity contribution in [1.29, 1.82) is 0 Å². The van der Waals surface area contributed by atoms with Crippen molar-refractivity contribution in [1.82, 2.24) is 20.3 Å². The van der Waals surface area contributed by atoms with Crippen molar-refractivity contribution in [2.45, 2.75) is 26.1 Å². The Kier molecular flexibility index (Phi) is 5.09. The standard InChI is InChI=1S/C14H20N4O2/c1-11(13-5-3-4-6-14(13)20-2)15-9-12-10-18(7-8-19)17-16-12/h3-6,10-11,15,19H,7-9H2,1-2H3. The maximum atomic E-state index is 8.84. The number of para-hydroxylation sites is 1. The molecule has 1 unspecified atom stereocenters. The third-order valence-electron chi connectivity index (χ3n) is 3.11. The van der Waals surface area contributed by atoms with E-state index in [1.165, 1.54) is 0 Å². The molecule has 2 N–H and O–H groups in total. The maximum Gasteiger partial charge on any atom is 0.123 e. The lowest BCUT2D eigenvalue weighted by Gasteiger charge is -2.16. The number of aliphatic hydroxyl groups excluding tert-OH is 1. The highest BCUT2D eigenvalue weighted by Crippen LogP contribution is 2.24. The van der Waals surface area contributed by atoms with Crippen molar-refractivity contribution in [3.63, 3.8) is 0 Å². The van der Waals surface area contributed by atoms with E-state index in [1.807, 2.05) is 30.5 Å². The fourth-order valence-electron chi connectivity index (χ4n) is 2.02.